The molecule has 0 aliphatic heterocycles. The molecule has 5 heteroatoms. The first kappa shape index (κ1) is 10.0. The van der Waals surface area contributed by atoms with Crippen LogP contribution < -0.4 is 0 Å². The van der Waals surface area contributed by atoms with Gasteiger partial charge in [0.25, 0.3) is 0 Å². The van der Waals surface area contributed by atoms with Gasteiger partial charge in [-0.15, -0.1) is 0 Å². The number of carbonyl (C=O) groups excluding carboxylic acids is 1. The van der Waals surface area contributed by atoms with Gasteiger partial charge in [-0.1, -0.05) is 0 Å². The summed E-state index contributed by atoms with van der Waals surface area (Å²) in [4.78, 5) is 12.9. The molecule has 1 aromatic carbocycles. The minimum absolute atomic E-state index is 0.0172. The summed E-state index contributed by atoms with van der Waals surface area (Å²) in [6, 6.07) is 1.99. The minimum atomic E-state index is -0.611. The van der Waals surface area contributed by atoms with Gasteiger partial charge in [-0.2, -0.15) is 0 Å². The Kier molecular flexibility index (Phi) is 3.28. The lowest BCUT2D eigenvalue weighted by Crippen LogP contribution is -1.91. The molecule has 0 atom stereocenters. The molecule has 0 spiro atoms. The number of hydrogen-bond acceptors (Lipinski definition) is 2. The molecule has 0 heterocycles. The van der Waals surface area contributed by atoms with E-state index in [2.05, 4.69) is 20.9 Å². The first-order valence-electron chi connectivity index (χ1n) is 3.32. The molecular formula is C8H4BrF2NO. The van der Waals surface area contributed by atoms with E-state index >= 15 is 0 Å². The quantitative estimate of drug-likeness (QED) is 0.449. The predicted octanol–water partition coefficient (Wildman–Crippen LogP) is 2.56. The van der Waals surface area contributed by atoms with Crippen LogP contribution in [0, 0.1) is 11.6 Å². The number of halogens is 3. The molecule has 0 aliphatic carbocycles. The molecule has 0 bridgehead atoms. The maximum absolute atomic E-state index is 13.1. The topological polar surface area (TPSA) is 29.4 Å². The number of benzene rings is 1. The van der Waals surface area contributed by atoms with Gasteiger partial charge in [-0.05, 0) is 28.1 Å². The number of isocyanates is 1. The normalized spacial score (nSPS) is 9.46. The third-order valence-electron chi connectivity index (χ3n) is 1.38. The van der Waals surface area contributed by atoms with Gasteiger partial charge in [0, 0.05) is 5.56 Å². The summed E-state index contributed by atoms with van der Waals surface area (Å²) < 4.78 is 25.8. The van der Waals surface area contributed by atoms with Crippen molar-refractivity contribution in [1.29, 1.82) is 0 Å². The highest BCUT2D eigenvalue weighted by Crippen LogP contribution is 2.21. The monoisotopic (exact) mass is 247 g/mol. The standard InChI is InChI=1S/C8H4BrF2NO/c9-7-2-6(10)1-5(8(7)11)3-12-4-13/h1-2H,3H2. The van der Waals surface area contributed by atoms with Crippen LogP contribution in [-0.2, 0) is 11.3 Å². The molecular weight excluding hydrogens is 244 g/mol. The molecule has 0 unspecified atom stereocenters. The van der Waals surface area contributed by atoms with Crippen LogP contribution in [0.25, 0.3) is 0 Å². The zero-order valence-corrected chi connectivity index (χ0v) is 7.94. The van der Waals surface area contributed by atoms with Gasteiger partial charge in [-0.25, -0.2) is 18.6 Å². The first-order chi connectivity index (χ1) is 6.15. The predicted molar refractivity (Wildman–Crippen MR) is 45.9 cm³/mol. The van der Waals surface area contributed by atoms with Gasteiger partial charge in [-0.3, -0.25) is 0 Å². The van der Waals surface area contributed by atoms with Crippen LogP contribution in [0.1, 0.15) is 5.56 Å². The second kappa shape index (κ2) is 4.25. The Balaban J connectivity index is 3.12. The molecule has 13 heavy (non-hydrogen) atoms. The Morgan fingerprint density at radius 3 is 2.77 bits per heavy atom. The Morgan fingerprint density at radius 2 is 2.15 bits per heavy atom. The lowest BCUT2D eigenvalue weighted by molar-refractivity contribution is 0.559. The second-order valence-corrected chi connectivity index (χ2v) is 3.12. The molecule has 0 saturated carbocycles. The molecule has 2 nitrogen and oxygen atoms in total. The van der Waals surface area contributed by atoms with Crippen molar-refractivity contribution in [3.63, 3.8) is 0 Å². The zero-order chi connectivity index (χ0) is 9.84. The van der Waals surface area contributed by atoms with Crippen molar-refractivity contribution in [2.75, 3.05) is 0 Å². The Hall–Kier alpha value is -1.06. The minimum Gasteiger partial charge on any atom is -0.211 e. The van der Waals surface area contributed by atoms with Gasteiger partial charge in [0.15, 0.2) is 0 Å². The summed E-state index contributed by atoms with van der Waals surface area (Å²) in [5, 5.41) is 0. The highest BCUT2D eigenvalue weighted by molar-refractivity contribution is 9.10. The highest BCUT2D eigenvalue weighted by atomic mass is 79.9. The molecule has 0 N–H and O–H groups in total. The number of rotatable bonds is 2. The smallest absolute Gasteiger partial charge is 0.211 e. The van der Waals surface area contributed by atoms with E-state index in [4.69, 9.17) is 0 Å². The molecule has 1 aromatic rings. The lowest BCUT2D eigenvalue weighted by Gasteiger charge is -2.00. The molecule has 0 aromatic heterocycles. The van der Waals surface area contributed by atoms with Crippen molar-refractivity contribution >= 4 is 22.0 Å². The second-order valence-electron chi connectivity index (χ2n) is 2.27. The third-order valence-corrected chi connectivity index (χ3v) is 1.96. The van der Waals surface area contributed by atoms with Crippen molar-refractivity contribution in [2.24, 2.45) is 4.99 Å². The van der Waals surface area contributed by atoms with Crippen LogP contribution in [0.2, 0.25) is 0 Å². The largest absolute Gasteiger partial charge is 0.235 e. The fraction of sp³-hybridized carbons (Fsp3) is 0.125. The maximum Gasteiger partial charge on any atom is 0.235 e. The number of nitrogens with zero attached hydrogens (tertiary/aromatic N) is 1. The summed E-state index contributed by atoms with van der Waals surface area (Å²) in [6.07, 6.45) is 1.25. The summed E-state index contributed by atoms with van der Waals surface area (Å²) in [7, 11) is 0. The summed E-state index contributed by atoms with van der Waals surface area (Å²) in [5.74, 6) is -1.19. The third kappa shape index (κ3) is 2.44. The van der Waals surface area contributed by atoms with Gasteiger partial charge in [0.1, 0.15) is 11.6 Å². The summed E-state index contributed by atoms with van der Waals surface area (Å²) in [6.45, 7) is -0.203. The fourth-order valence-corrected chi connectivity index (χ4v) is 1.32. The van der Waals surface area contributed by atoms with E-state index in [0.29, 0.717) is 0 Å². The molecule has 68 valence electrons. The van der Waals surface area contributed by atoms with Crippen molar-refractivity contribution in [2.45, 2.75) is 6.54 Å². The highest BCUT2D eigenvalue weighted by Gasteiger charge is 2.08. The van der Waals surface area contributed by atoms with E-state index < -0.39 is 11.6 Å². The number of aliphatic imine (C=N–C) groups is 1. The van der Waals surface area contributed by atoms with E-state index in [1.165, 1.54) is 6.08 Å². The van der Waals surface area contributed by atoms with E-state index in [9.17, 15) is 13.6 Å². The van der Waals surface area contributed by atoms with E-state index in [-0.39, 0.29) is 16.6 Å². The van der Waals surface area contributed by atoms with E-state index in [0.717, 1.165) is 12.1 Å². The van der Waals surface area contributed by atoms with Gasteiger partial charge in [0.2, 0.25) is 6.08 Å². The summed E-state index contributed by atoms with van der Waals surface area (Å²) >= 11 is 2.83. The summed E-state index contributed by atoms with van der Waals surface area (Å²) in [5.41, 5.74) is 0.0234. The SMILES string of the molecule is O=C=NCc1cc(F)cc(Br)c1F. The van der Waals surface area contributed by atoms with Crippen molar-refractivity contribution < 1.29 is 13.6 Å². The Labute approximate surface area is 81.4 Å². The fourth-order valence-electron chi connectivity index (χ4n) is 0.842. The van der Waals surface area contributed by atoms with E-state index in [1.54, 1.807) is 0 Å². The van der Waals surface area contributed by atoms with Crippen molar-refractivity contribution in [3.05, 3.63) is 33.8 Å². The average molecular weight is 248 g/mol. The number of hydrogen-bond donors (Lipinski definition) is 0. The van der Waals surface area contributed by atoms with Crippen molar-refractivity contribution in [1.82, 2.24) is 0 Å². The Morgan fingerprint density at radius 1 is 1.46 bits per heavy atom. The van der Waals surface area contributed by atoms with Crippen LogP contribution in [0.4, 0.5) is 8.78 Å². The van der Waals surface area contributed by atoms with Crippen LogP contribution in [-0.4, -0.2) is 6.08 Å². The van der Waals surface area contributed by atoms with Crippen LogP contribution in [0.3, 0.4) is 0 Å². The molecule has 0 fully saturated rings. The van der Waals surface area contributed by atoms with Gasteiger partial charge in [0.05, 0.1) is 11.0 Å². The van der Waals surface area contributed by atoms with Crippen LogP contribution in [0.5, 0.6) is 0 Å². The average Bonchev–Trinajstić information content (AvgIpc) is 2.09. The first-order valence-corrected chi connectivity index (χ1v) is 4.11. The van der Waals surface area contributed by atoms with Crippen molar-refractivity contribution in [3.8, 4) is 0 Å². The molecule has 0 radical (unpaired) electrons. The molecule has 0 saturated heterocycles. The van der Waals surface area contributed by atoms with Crippen LogP contribution >= 0.6 is 15.9 Å². The van der Waals surface area contributed by atoms with E-state index in [1.807, 2.05) is 0 Å². The van der Waals surface area contributed by atoms with Gasteiger partial charge < -0.3 is 0 Å². The molecule has 0 amide bonds. The molecule has 0 aliphatic rings. The van der Waals surface area contributed by atoms with Gasteiger partial charge >= 0.3 is 0 Å². The maximum atomic E-state index is 13.1. The Bertz CT molecular complexity index is 375. The lowest BCUT2D eigenvalue weighted by atomic mass is 10.2. The van der Waals surface area contributed by atoms with Crippen LogP contribution in [0.15, 0.2) is 21.6 Å². The zero-order valence-electron chi connectivity index (χ0n) is 6.35. The molecule has 1 rings (SSSR count).